The van der Waals surface area contributed by atoms with Crippen LogP contribution < -0.4 is 21.2 Å². The Kier molecular flexibility index (Phi) is 10.0. The van der Waals surface area contributed by atoms with E-state index in [-0.39, 0.29) is 21.2 Å². The molecule has 0 saturated carbocycles. The fourth-order valence-electron chi connectivity index (χ4n) is 0.878. The molecule has 5 heteroatoms. The van der Waals surface area contributed by atoms with Crippen molar-refractivity contribution >= 4 is 10.1 Å². The third-order valence-corrected chi connectivity index (χ3v) is 3.60. The summed E-state index contributed by atoms with van der Waals surface area (Å²) in [5, 5.41) is 0. The SMILES string of the molecule is CCCCC#C[I+]c1ccccc1.CS(=O)(=O)[O-]. The third-order valence-electron chi connectivity index (χ3n) is 1.61. The van der Waals surface area contributed by atoms with E-state index < -0.39 is 10.1 Å². The minimum absolute atomic E-state index is 0.0522. The summed E-state index contributed by atoms with van der Waals surface area (Å²) in [6.45, 7) is 2.20. The average Bonchev–Trinajstić information content (AvgIpc) is 2.28. The molecule has 0 radical (unpaired) electrons. The molecule has 0 amide bonds. The Morgan fingerprint density at radius 2 is 1.83 bits per heavy atom. The molecule has 0 atom stereocenters. The van der Waals surface area contributed by atoms with Crippen molar-refractivity contribution < 1.29 is 34.2 Å². The monoisotopic (exact) mass is 380 g/mol. The summed E-state index contributed by atoms with van der Waals surface area (Å²) in [6.07, 6.45) is 4.17. The molecule has 0 aliphatic carbocycles. The van der Waals surface area contributed by atoms with Gasteiger partial charge in [0, 0.05) is 12.7 Å². The first-order chi connectivity index (χ1) is 8.43. The van der Waals surface area contributed by atoms with Crippen molar-refractivity contribution in [2.45, 2.75) is 26.2 Å². The lowest BCUT2D eigenvalue weighted by molar-refractivity contribution is -0.535. The molecule has 18 heavy (non-hydrogen) atoms. The number of benzene rings is 1. The van der Waals surface area contributed by atoms with Gasteiger partial charge in [-0.3, -0.25) is 0 Å². The fraction of sp³-hybridized carbons (Fsp3) is 0.385. The van der Waals surface area contributed by atoms with E-state index in [0.717, 1.165) is 6.42 Å². The Morgan fingerprint density at radius 3 is 2.33 bits per heavy atom. The lowest BCUT2D eigenvalue weighted by Gasteiger charge is -1.90. The van der Waals surface area contributed by atoms with Crippen LogP contribution in [0.15, 0.2) is 30.3 Å². The van der Waals surface area contributed by atoms with Crippen molar-refractivity contribution in [2.75, 3.05) is 6.26 Å². The summed E-state index contributed by atoms with van der Waals surface area (Å²) >= 11 is -0.0522. The lowest BCUT2D eigenvalue weighted by atomic mass is 10.3. The Morgan fingerprint density at radius 1 is 1.28 bits per heavy atom. The van der Waals surface area contributed by atoms with Gasteiger partial charge in [0.1, 0.15) is 0 Å². The smallest absolute Gasteiger partial charge is 0.419 e. The van der Waals surface area contributed by atoms with Gasteiger partial charge in [-0.05, 0) is 24.5 Å². The van der Waals surface area contributed by atoms with Crippen molar-refractivity contribution in [3.05, 3.63) is 33.9 Å². The second-order valence-electron chi connectivity index (χ2n) is 3.47. The zero-order chi connectivity index (χ0) is 13.9. The predicted octanol–water partition coefficient (Wildman–Crippen LogP) is -0.742. The molecule has 1 aromatic carbocycles. The van der Waals surface area contributed by atoms with Gasteiger partial charge in [-0.25, -0.2) is 8.42 Å². The van der Waals surface area contributed by atoms with Gasteiger partial charge >= 0.3 is 21.2 Å². The molecule has 0 saturated heterocycles. The molecule has 0 aromatic heterocycles. The van der Waals surface area contributed by atoms with Crippen molar-refractivity contribution in [1.82, 2.24) is 0 Å². The zero-order valence-electron chi connectivity index (χ0n) is 10.5. The Balaban J connectivity index is 0.000000494. The molecule has 1 rings (SSSR count). The first-order valence-corrected chi connectivity index (χ1v) is 9.48. The summed E-state index contributed by atoms with van der Waals surface area (Å²) in [5.74, 6) is 3.23. The van der Waals surface area contributed by atoms with Crippen LogP contribution in [0, 0.1) is 13.4 Å². The molecule has 0 N–H and O–H groups in total. The molecule has 0 aliphatic heterocycles. The van der Waals surface area contributed by atoms with E-state index >= 15 is 0 Å². The second-order valence-corrected chi connectivity index (χ2v) is 7.20. The number of rotatable bonds is 3. The summed E-state index contributed by atoms with van der Waals surface area (Å²) in [4.78, 5) is 0. The molecule has 0 fully saturated rings. The van der Waals surface area contributed by atoms with Crippen LogP contribution in [-0.2, 0) is 10.1 Å². The lowest BCUT2D eigenvalue weighted by Crippen LogP contribution is -3.59. The predicted molar refractivity (Wildman–Crippen MR) is 68.1 cm³/mol. The van der Waals surface area contributed by atoms with Crippen LogP contribution in [0.1, 0.15) is 26.2 Å². The maximum Gasteiger partial charge on any atom is 0.419 e. The number of hydrogen-bond donors (Lipinski definition) is 0. The van der Waals surface area contributed by atoms with Crippen LogP contribution in [0.4, 0.5) is 0 Å². The molecular formula is C13H17IO3S. The molecule has 100 valence electrons. The van der Waals surface area contributed by atoms with Crippen LogP contribution in [0.25, 0.3) is 0 Å². The highest BCUT2D eigenvalue weighted by atomic mass is 127. The summed E-state index contributed by atoms with van der Waals surface area (Å²) in [5.41, 5.74) is 0. The first-order valence-electron chi connectivity index (χ1n) is 5.51. The van der Waals surface area contributed by atoms with E-state index in [0.29, 0.717) is 6.26 Å². The second kappa shape index (κ2) is 10.4. The Labute approximate surface area is 120 Å². The van der Waals surface area contributed by atoms with Gasteiger partial charge in [-0.1, -0.05) is 31.5 Å². The van der Waals surface area contributed by atoms with Crippen molar-refractivity contribution in [1.29, 1.82) is 0 Å². The quantitative estimate of drug-likeness (QED) is 0.300. The van der Waals surface area contributed by atoms with Crippen molar-refractivity contribution in [3.8, 4) is 9.85 Å². The van der Waals surface area contributed by atoms with E-state index in [2.05, 4.69) is 47.1 Å². The number of halogens is 1. The summed E-state index contributed by atoms with van der Waals surface area (Å²) < 4.78 is 31.9. The zero-order valence-corrected chi connectivity index (χ0v) is 13.5. The molecule has 1 aromatic rings. The van der Waals surface area contributed by atoms with Crippen molar-refractivity contribution in [2.24, 2.45) is 0 Å². The number of hydrogen-bond acceptors (Lipinski definition) is 3. The van der Waals surface area contributed by atoms with Crippen LogP contribution in [0.5, 0.6) is 0 Å². The molecule has 0 aliphatic rings. The normalized spacial score (nSPS) is 9.72. The Bertz CT molecular complexity index is 464. The fourth-order valence-corrected chi connectivity index (χ4v) is 2.42. The molecule has 0 heterocycles. The highest BCUT2D eigenvalue weighted by Gasteiger charge is 2.05. The highest BCUT2D eigenvalue weighted by molar-refractivity contribution is 7.84. The van der Waals surface area contributed by atoms with E-state index in [1.54, 1.807) is 0 Å². The van der Waals surface area contributed by atoms with Gasteiger partial charge in [0.15, 0.2) is 3.93 Å². The van der Waals surface area contributed by atoms with Crippen LogP contribution in [0.3, 0.4) is 0 Å². The maximum absolute atomic E-state index is 9.08. The maximum atomic E-state index is 9.08. The summed E-state index contributed by atoms with van der Waals surface area (Å²) in [7, 11) is -3.92. The van der Waals surface area contributed by atoms with E-state index in [9.17, 15) is 0 Å². The molecule has 0 spiro atoms. The standard InChI is InChI=1S/C12H14I.CH4O3S/c1-2-3-4-8-11-13-12-9-6-5-7-10-12;1-5(2,3)4/h5-7,9-10H,2-4H2,1H3;1H3,(H,2,3,4)/q+1;/p-1. The molecule has 0 bridgehead atoms. The van der Waals surface area contributed by atoms with E-state index in [1.807, 2.05) is 0 Å². The first kappa shape index (κ1) is 17.4. The van der Waals surface area contributed by atoms with Gasteiger partial charge in [0.25, 0.3) is 0 Å². The van der Waals surface area contributed by atoms with Gasteiger partial charge in [-0.15, -0.1) is 0 Å². The Hall–Kier alpha value is -0.580. The average molecular weight is 380 g/mol. The van der Waals surface area contributed by atoms with E-state index in [1.165, 1.54) is 16.4 Å². The van der Waals surface area contributed by atoms with Gasteiger partial charge in [-0.2, -0.15) is 0 Å². The molecule has 3 nitrogen and oxygen atoms in total. The number of unbranched alkanes of at least 4 members (excludes halogenated alkanes) is 2. The highest BCUT2D eigenvalue weighted by Crippen LogP contribution is 1.89. The molecular weight excluding hydrogens is 363 g/mol. The van der Waals surface area contributed by atoms with Gasteiger partial charge in [0.05, 0.1) is 10.1 Å². The van der Waals surface area contributed by atoms with Crippen molar-refractivity contribution in [3.63, 3.8) is 0 Å². The third kappa shape index (κ3) is 15.4. The summed E-state index contributed by atoms with van der Waals surface area (Å²) in [6, 6.07) is 10.6. The van der Waals surface area contributed by atoms with E-state index in [4.69, 9.17) is 13.0 Å². The van der Waals surface area contributed by atoms with Crippen LogP contribution in [-0.4, -0.2) is 19.2 Å². The minimum atomic E-state index is -3.92. The van der Waals surface area contributed by atoms with Gasteiger partial charge < -0.3 is 4.55 Å². The minimum Gasteiger partial charge on any atom is -0.748 e. The van der Waals surface area contributed by atoms with Crippen LogP contribution in [0.2, 0.25) is 0 Å². The largest absolute Gasteiger partial charge is 0.748 e. The van der Waals surface area contributed by atoms with Crippen LogP contribution >= 0.6 is 0 Å². The van der Waals surface area contributed by atoms with Gasteiger partial charge in [0.2, 0.25) is 3.57 Å². The topological polar surface area (TPSA) is 57.2 Å². The molecule has 0 unspecified atom stereocenters.